The van der Waals surface area contributed by atoms with Crippen LogP contribution in [0.15, 0.2) is 28.7 Å². The van der Waals surface area contributed by atoms with Crippen molar-refractivity contribution in [2.45, 2.75) is 39.4 Å². The summed E-state index contributed by atoms with van der Waals surface area (Å²) < 4.78 is 11.8. The summed E-state index contributed by atoms with van der Waals surface area (Å²) in [6.45, 7) is 8.21. The van der Waals surface area contributed by atoms with Crippen molar-refractivity contribution < 1.29 is 13.9 Å². The van der Waals surface area contributed by atoms with E-state index in [0.717, 1.165) is 55.6 Å². The number of amides is 1. The van der Waals surface area contributed by atoms with E-state index in [1.165, 1.54) is 0 Å². The zero-order valence-electron chi connectivity index (χ0n) is 15.7. The van der Waals surface area contributed by atoms with Gasteiger partial charge < -0.3 is 19.4 Å². The molecule has 140 valence electrons. The summed E-state index contributed by atoms with van der Waals surface area (Å²) in [7, 11) is 0. The van der Waals surface area contributed by atoms with Crippen molar-refractivity contribution >= 4 is 16.9 Å². The highest BCUT2D eigenvalue weighted by Crippen LogP contribution is 2.31. The number of nitrogens with zero attached hydrogens (tertiary/aromatic N) is 1. The second-order valence-corrected chi connectivity index (χ2v) is 7.81. The molecule has 1 aromatic heterocycles. The van der Waals surface area contributed by atoms with E-state index in [1.54, 1.807) is 0 Å². The van der Waals surface area contributed by atoms with Gasteiger partial charge in [0.25, 0.3) is 5.91 Å². The number of fused-ring (bicyclic) bond motifs is 2. The second-order valence-electron chi connectivity index (χ2n) is 7.81. The first-order chi connectivity index (χ1) is 12.6. The Balaban J connectivity index is 1.60. The molecule has 2 fully saturated rings. The van der Waals surface area contributed by atoms with E-state index in [1.807, 2.05) is 43.0 Å². The number of para-hydroxylation sites is 1. The topological polar surface area (TPSA) is 54.7 Å². The molecule has 2 aliphatic heterocycles. The first kappa shape index (κ1) is 17.6. The molecule has 2 aliphatic rings. The molecule has 26 heavy (non-hydrogen) atoms. The van der Waals surface area contributed by atoms with Crippen molar-refractivity contribution in [1.82, 2.24) is 10.2 Å². The average Bonchev–Trinajstić information content (AvgIpc) is 3.18. The van der Waals surface area contributed by atoms with E-state index in [4.69, 9.17) is 9.15 Å². The highest BCUT2D eigenvalue weighted by Gasteiger charge is 2.33. The van der Waals surface area contributed by atoms with Gasteiger partial charge in [0.05, 0.1) is 12.7 Å². The zero-order chi connectivity index (χ0) is 18.1. The van der Waals surface area contributed by atoms with Crippen LogP contribution >= 0.6 is 0 Å². The minimum atomic E-state index is 0.0106. The minimum Gasteiger partial charge on any atom is -0.451 e. The molecule has 2 atom stereocenters. The lowest BCUT2D eigenvalue weighted by atomic mass is 9.92. The summed E-state index contributed by atoms with van der Waals surface area (Å²) in [5.41, 5.74) is 1.64. The van der Waals surface area contributed by atoms with Crippen LogP contribution in [0.3, 0.4) is 0 Å². The summed E-state index contributed by atoms with van der Waals surface area (Å²) in [6, 6.07) is 7.84. The Kier molecular flexibility index (Phi) is 5.00. The SMILES string of the molecule is CC(C)OCc1c(C(=O)N2CC[C@@H]3CNC[C@@H]3CC2)oc2ccccc12. The standard InChI is InChI=1S/C21H28N2O3/c1-14(2)25-13-18-17-5-3-4-6-19(17)26-20(18)21(24)23-9-7-15-11-22-12-16(15)8-10-23/h3-6,14-16,22H,7-13H2,1-2H3/t15-,16+. The van der Waals surface area contributed by atoms with Gasteiger partial charge in [0.1, 0.15) is 5.58 Å². The summed E-state index contributed by atoms with van der Waals surface area (Å²) >= 11 is 0. The van der Waals surface area contributed by atoms with Gasteiger partial charge in [0.2, 0.25) is 0 Å². The number of hydrogen-bond donors (Lipinski definition) is 1. The monoisotopic (exact) mass is 356 g/mol. The smallest absolute Gasteiger partial charge is 0.289 e. The van der Waals surface area contributed by atoms with E-state index in [2.05, 4.69) is 5.32 Å². The Morgan fingerprint density at radius 3 is 2.62 bits per heavy atom. The molecule has 1 amide bonds. The third-order valence-electron chi connectivity index (χ3n) is 5.76. The Hall–Kier alpha value is -1.85. The summed E-state index contributed by atoms with van der Waals surface area (Å²) in [6.07, 6.45) is 2.25. The Morgan fingerprint density at radius 2 is 1.92 bits per heavy atom. The Labute approximate surface area is 154 Å². The van der Waals surface area contributed by atoms with E-state index in [0.29, 0.717) is 24.2 Å². The first-order valence-corrected chi connectivity index (χ1v) is 9.75. The number of carbonyl (C=O) groups excluding carboxylic acids is 1. The van der Waals surface area contributed by atoms with Crippen molar-refractivity contribution in [3.63, 3.8) is 0 Å². The number of ether oxygens (including phenoxy) is 1. The number of likely N-dealkylation sites (tertiary alicyclic amines) is 1. The van der Waals surface area contributed by atoms with Gasteiger partial charge in [-0.05, 0) is 57.7 Å². The van der Waals surface area contributed by atoms with Gasteiger partial charge in [-0.2, -0.15) is 0 Å². The number of carbonyl (C=O) groups is 1. The predicted octanol–water partition coefficient (Wildman–Crippen LogP) is 3.43. The fourth-order valence-corrected chi connectivity index (χ4v) is 4.23. The molecule has 0 aliphatic carbocycles. The largest absolute Gasteiger partial charge is 0.451 e. The number of benzene rings is 1. The molecule has 5 heteroatoms. The van der Waals surface area contributed by atoms with Crippen LogP contribution in [-0.2, 0) is 11.3 Å². The van der Waals surface area contributed by atoms with Crippen LogP contribution < -0.4 is 5.32 Å². The molecular formula is C21H28N2O3. The molecule has 3 heterocycles. The van der Waals surface area contributed by atoms with E-state index in [-0.39, 0.29) is 12.0 Å². The fraction of sp³-hybridized carbons (Fsp3) is 0.571. The van der Waals surface area contributed by atoms with Gasteiger partial charge in [0.15, 0.2) is 5.76 Å². The molecule has 0 bridgehead atoms. The van der Waals surface area contributed by atoms with Gasteiger partial charge in [-0.15, -0.1) is 0 Å². The highest BCUT2D eigenvalue weighted by atomic mass is 16.5. The molecule has 2 saturated heterocycles. The van der Waals surface area contributed by atoms with Crippen molar-refractivity contribution in [2.75, 3.05) is 26.2 Å². The maximum Gasteiger partial charge on any atom is 0.289 e. The van der Waals surface area contributed by atoms with Gasteiger partial charge in [-0.3, -0.25) is 4.79 Å². The zero-order valence-corrected chi connectivity index (χ0v) is 15.7. The molecule has 0 unspecified atom stereocenters. The Morgan fingerprint density at radius 1 is 1.23 bits per heavy atom. The number of hydrogen-bond acceptors (Lipinski definition) is 4. The minimum absolute atomic E-state index is 0.0106. The second kappa shape index (κ2) is 7.41. The molecule has 5 nitrogen and oxygen atoms in total. The van der Waals surface area contributed by atoms with E-state index >= 15 is 0 Å². The van der Waals surface area contributed by atoms with Gasteiger partial charge in [0, 0.05) is 24.0 Å². The molecule has 1 N–H and O–H groups in total. The van der Waals surface area contributed by atoms with Gasteiger partial charge in [-0.25, -0.2) is 0 Å². The lowest BCUT2D eigenvalue weighted by molar-refractivity contribution is 0.0612. The van der Waals surface area contributed by atoms with Crippen molar-refractivity contribution in [3.05, 3.63) is 35.6 Å². The number of furan rings is 1. The van der Waals surface area contributed by atoms with Crippen molar-refractivity contribution in [2.24, 2.45) is 11.8 Å². The summed E-state index contributed by atoms with van der Waals surface area (Å²) in [5, 5.41) is 4.46. The summed E-state index contributed by atoms with van der Waals surface area (Å²) in [4.78, 5) is 15.2. The normalized spacial score (nSPS) is 23.4. The quantitative estimate of drug-likeness (QED) is 0.912. The third kappa shape index (κ3) is 3.38. The maximum absolute atomic E-state index is 13.3. The molecule has 1 aromatic carbocycles. The van der Waals surface area contributed by atoms with Crippen LogP contribution in [0.1, 0.15) is 42.8 Å². The maximum atomic E-state index is 13.3. The van der Waals surface area contributed by atoms with Crippen molar-refractivity contribution in [1.29, 1.82) is 0 Å². The van der Waals surface area contributed by atoms with Crippen LogP contribution in [-0.4, -0.2) is 43.1 Å². The molecular weight excluding hydrogens is 328 g/mol. The van der Waals surface area contributed by atoms with Crippen molar-refractivity contribution in [3.8, 4) is 0 Å². The van der Waals surface area contributed by atoms with E-state index < -0.39 is 0 Å². The lowest BCUT2D eigenvalue weighted by Gasteiger charge is -2.20. The van der Waals surface area contributed by atoms with Crippen LogP contribution in [0.5, 0.6) is 0 Å². The summed E-state index contributed by atoms with van der Waals surface area (Å²) in [5.74, 6) is 1.87. The first-order valence-electron chi connectivity index (χ1n) is 9.75. The number of rotatable bonds is 4. The lowest BCUT2D eigenvalue weighted by Crippen LogP contribution is -2.33. The van der Waals surface area contributed by atoms with Crippen LogP contribution in [0.25, 0.3) is 11.0 Å². The molecule has 0 saturated carbocycles. The fourth-order valence-electron chi connectivity index (χ4n) is 4.23. The Bertz CT molecular complexity index is 769. The molecule has 0 radical (unpaired) electrons. The highest BCUT2D eigenvalue weighted by molar-refractivity contribution is 5.99. The van der Waals surface area contributed by atoms with Crippen LogP contribution in [0, 0.1) is 11.8 Å². The van der Waals surface area contributed by atoms with Crippen LogP contribution in [0.2, 0.25) is 0 Å². The van der Waals surface area contributed by atoms with Gasteiger partial charge in [-0.1, -0.05) is 18.2 Å². The number of nitrogens with one attached hydrogen (secondary N) is 1. The molecule has 2 aromatic rings. The molecule has 4 rings (SSSR count). The van der Waals surface area contributed by atoms with Crippen LogP contribution in [0.4, 0.5) is 0 Å². The van der Waals surface area contributed by atoms with Gasteiger partial charge >= 0.3 is 0 Å². The average molecular weight is 356 g/mol. The van der Waals surface area contributed by atoms with E-state index in [9.17, 15) is 4.79 Å². The molecule has 0 spiro atoms. The third-order valence-corrected chi connectivity index (χ3v) is 5.76. The predicted molar refractivity (Wildman–Crippen MR) is 101 cm³/mol.